The minimum absolute atomic E-state index is 0.00370. The molecule has 30 heavy (non-hydrogen) atoms. The molecule has 4 rings (SSSR count). The topological polar surface area (TPSA) is 76.2 Å². The van der Waals surface area contributed by atoms with Crippen LogP contribution in [0.4, 0.5) is 11.4 Å². The molecule has 1 fully saturated rings. The third kappa shape index (κ3) is 4.49. The number of anilines is 1. The number of hydrogen-bond donors (Lipinski definition) is 0. The molecule has 1 aliphatic rings. The molecule has 0 N–H and O–H groups in total. The monoisotopic (exact) mass is 429 g/mol. The summed E-state index contributed by atoms with van der Waals surface area (Å²) in [6.45, 7) is 6.57. The molecule has 8 nitrogen and oxygen atoms in total. The van der Waals surface area contributed by atoms with Gasteiger partial charge in [0.1, 0.15) is 5.65 Å². The van der Waals surface area contributed by atoms with E-state index in [-0.39, 0.29) is 5.69 Å². The summed E-state index contributed by atoms with van der Waals surface area (Å²) in [7, 11) is 0. The zero-order valence-corrected chi connectivity index (χ0v) is 17.6. The van der Waals surface area contributed by atoms with Gasteiger partial charge in [0.15, 0.2) is 5.75 Å². The number of aromatic nitrogens is 2. The summed E-state index contributed by atoms with van der Waals surface area (Å²) in [6, 6.07) is 8.88. The fourth-order valence-corrected chi connectivity index (χ4v) is 4.00. The van der Waals surface area contributed by atoms with E-state index in [0.717, 1.165) is 56.2 Å². The van der Waals surface area contributed by atoms with Crippen molar-refractivity contribution in [2.45, 2.75) is 19.9 Å². The molecule has 0 spiro atoms. The third-order valence-electron chi connectivity index (χ3n) is 5.24. The summed E-state index contributed by atoms with van der Waals surface area (Å²) in [5, 5.41) is 11.9. The van der Waals surface area contributed by atoms with Gasteiger partial charge in [-0.2, -0.15) is 0 Å². The molecule has 2 aromatic heterocycles. The van der Waals surface area contributed by atoms with E-state index >= 15 is 0 Å². The molecule has 0 aliphatic carbocycles. The predicted octanol–water partition coefficient (Wildman–Crippen LogP) is 4.01. The van der Waals surface area contributed by atoms with E-state index in [0.29, 0.717) is 17.4 Å². The highest BCUT2D eigenvalue weighted by Gasteiger charge is 2.20. The van der Waals surface area contributed by atoms with E-state index in [1.165, 1.54) is 6.07 Å². The highest BCUT2D eigenvalue weighted by Crippen LogP contribution is 2.32. The Labute approximate surface area is 179 Å². The Bertz CT molecular complexity index is 1050. The first-order chi connectivity index (χ1) is 14.5. The molecule has 0 unspecified atom stereocenters. The van der Waals surface area contributed by atoms with Gasteiger partial charge in [-0.25, -0.2) is 4.98 Å². The third-order valence-corrected chi connectivity index (χ3v) is 5.47. The Morgan fingerprint density at radius 2 is 2.03 bits per heavy atom. The van der Waals surface area contributed by atoms with Crippen LogP contribution < -0.4 is 9.64 Å². The van der Waals surface area contributed by atoms with Crippen LogP contribution in [0.15, 0.2) is 42.7 Å². The van der Waals surface area contributed by atoms with Gasteiger partial charge in [0.05, 0.1) is 22.2 Å². The number of nitrogens with zero attached hydrogens (tertiary/aromatic N) is 5. The number of rotatable bonds is 6. The molecular weight excluding hydrogens is 406 g/mol. The van der Waals surface area contributed by atoms with Crippen molar-refractivity contribution in [3.05, 3.63) is 63.6 Å². The van der Waals surface area contributed by atoms with Crippen LogP contribution in [-0.2, 0) is 6.54 Å². The Morgan fingerprint density at radius 3 is 2.83 bits per heavy atom. The normalized spacial score (nSPS) is 15.3. The summed E-state index contributed by atoms with van der Waals surface area (Å²) in [5.74, 6) is 0.324. The van der Waals surface area contributed by atoms with E-state index in [1.807, 2.05) is 41.9 Å². The SMILES string of the molecule is CCOc1cc(N2CCCN(Cc3cn4cc(Cl)ccc4n3)CC2)ccc1[N+](=O)[O-]. The van der Waals surface area contributed by atoms with Gasteiger partial charge >= 0.3 is 5.69 Å². The standard InChI is InChI=1S/C21H24ClN5O3/c1-2-30-20-12-18(5-6-19(20)27(28)29)25-9-3-8-24(10-11-25)14-17-15-26-13-16(22)4-7-21(26)23-17/h4-7,12-13,15H,2-3,8-11,14H2,1H3. The van der Waals surface area contributed by atoms with Crippen molar-refractivity contribution in [2.75, 3.05) is 37.7 Å². The van der Waals surface area contributed by atoms with Crippen LogP contribution in [0.1, 0.15) is 19.0 Å². The maximum atomic E-state index is 11.2. The van der Waals surface area contributed by atoms with Crippen LogP contribution in [0.25, 0.3) is 5.65 Å². The van der Waals surface area contributed by atoms with Gasteiger partial charge in [0.25, 0.3) is 0 Å². The molecule has 0 amide bonds. The second-order valence-corrected chi connectivity index (χ2v) is 7.74. The number of hydrogen-bond acceptors (Lipinski definition) is 6. The fourth-order valence-electron chi connectivity index (χ4n) is 3.83. The Kier molecular flexibility index (Phi) is 6.06. The zero-order chi connectivity index (χ0) is 21.1. The van der Waals surface area contributed by atoms with Crippen LogP contribution in [-0.4, -0.2) is 52.0 Å². The van der Waals surface area contributed by atoms with Gasteiger partial charge in [-0.05, 0) is 31.5 Å². The lowest BCUT2D eigenvalue weighted by atomic mass is 10.2. The summed E-state index contributed by atoms with van der Waals surface area (Å²) in [5.41, 5.74) is 2.86. The smallest absolute Gasteiger partial charge is 0.311 e. The Hall–Kier alpha value is -2.84. The van der Waals surface area contributed by atoms with Crippen LogP contribution in [0.5, 0.6) is 5.75 Å². The molecular formula is C21H24ClN5O3. The number of halogens is 1. The molecule has 1 aliphatic heterocycles. The van der Waals surface area contributed by atoms with Crippen molar-refractivity contribution in [1.29, 1.82) is 0 Å². The lowest BCUT2D eigenvalue weighted by Gasteiger charge is -2.24. The quantitative estimate of drug-likeness (QED) is 0.435. The van der Waals surface area contributed by atoms with Gasteiger partial charge in [-0.15, -0.1) is 0 Å². The number of imidazole rings is 1. The highest BCUT2D eigenvalue weighted by molar-refractivity contribution is 6.30. The molecule has 0 radical (unpaired) electrons. The molecule has 0 saturated carbocycles. The average Bonchev–Trinajstić information content (AvgIpc) is 2.96. The number of fused-ring (bicyclic) bond motifs is 1. The van der Waals surface area contributed by atoms with Gasteiger partial charge in [0.2, 0.25) is 0 Å². The molecule has 3 heterocycles. The maximum Gasteiger partial charge on any atom is 0.311 e. The van der Waals surface area contributed by atoms with Crippen LogP contribution in [0.2, 0.25) is 5.02 Å². The number of ether oxygens (including phenoxy) is 1. The number of pyridine rings is 1. The van der Waals surface area contributed by atoms with E-state index in [2.05, 4.69) is 14.8 Å². The summed E-state index contributed by atoms with van der Waals surface area (Å²) in [4.78, 5) is 20.2. The van der Waals surface area contributed by atoms with Gasteiger partial charge in [0, 0.05) is 62.9 Å². The summed E-state index contributed by atoms with van der Waals surface area (Å²) < 4.78 is 7.45. The van der Waals surface area contributed by atoms with Crippen molar-refractivity contribution >= 4 is 28.6 Å². The summed E-state index contributed by atoms with van der Waals surface area (Å²) >= 11 is 6.06. The molecule has 158 valence electrons. The van der Waals surface area contributed by atoms with E-state index in [4.69, 9.17) is 16.3 Å². The Morgan fingerprint density at radius 1 is 1.17 bits per heavy atom. The number of benzene rings is 1. The minimum atomic E-state index is -0.402. The maximum absolute atomic E-state index is 11.2. The van der Waals surface area contributed by atoms with Gasteiger partial charge < -0.3 is 14.0 Å². The average molecular weight is 430 g/mol. The van der Waals surface area contributed by atoms with E-state index < -0.39 is 4.92 Å². The molecule has 3 aromatic rings. The fraction of sp³-hybridized carbons (Fsp3) is 0.381. The first-order valence-corrected chi connectivity index (χ1v) is 10.4. The van der Waals surface area contributed by atoms with Gasteiger partial charge in [-0.3, -0.25) is 15.0 Å². The van der Waals surface area contributed by atoms with Crippen molar-refractivity contribution in [3.8, 4) is 5.75 Å². The second-order valence-electron chi connectivity index (χ2n) is 7.30. The highest BCUT2D eigenvalue weighted by atomic mass is 35.5. The predicted molar refractivity (Wildman–Crippen MR) is 117 cm³/mol. The Balaban J connectivity index is 1.44. The van der Waals surface area contributed by atoms with Crippen LogP contribution >= 0.6 is 11.6 Å². The summed E-state index contributed by atoms with van der Waals surface area (Å²) in [6.07, 6.45) is 4.89. The lowest BCUT2D eigenvalue weighted by Crippen LogP contribution is -2.30. The molecule has 0 bridgehead atoms. The van der Waals surface area contributed by atoms with Crippen molar-refractivity contribution in [3.63, 3.8) is 0 Å². The zero-order valence-electron chi connectivity index (χ0n) is 16.8. The van der Waals surface area contributed by atoms with Crippen molar-refractivity contribution in [2.24, 2.45) is 0 Å². The van der Waals surface area contributed by atoms with Crippen LogP contribution in [0.3, 0.4) is 0 Å². The molecule has 1 saturated heterocycles. The number of nitro groups is 1. The minimum Gasteiger partial charge on any atom is -0.487 e. The molecule has 9 heteroatoms. The lowest BCUT2D eigenvalue weighted by molar-refractivity contribution is -0.385. The van der Waals surface area contributed by atoms with Crippen molar-refractivity contribution in [1.82, 2.24) is 14.3 Å². The largest absolute Gasteiger partial charge is 0.487 e. The van der Waals surface area contributed by atoms with Gasteiger partial charge in [-0.1, -0.05) is 11.6 Å². The van der Waals surface area contributed by atoms with E-state index in [9.17, 15) is 10.1 Å². The number of nitro benzene ring substituents is 1. The first-order valence-electron chi connectivity index (χ1n) is 10.0. The molecule has 1 aromatic carbocycles. The van der Waals surface area contributed by atoms with Crippen LogP contribution in [0, 0.1) is 10.1 Å². The van der Waals surface area contributed by atoms with Crippen molar-refractivity contribution < 1.29 is 9.66 Å². The van der Waals surface area contributed by atoms with E-state index in [1.54, 1.807) is 6.07 Å². The second kappa shape index (κ2) is 8.89. The first kappa shape index (κ1) is 20.4. The molecule has 0 atom stereocenters.